The van der Waals surface area contributed by atoms with E-state index in [1.807, 2.05) is 19.1 Å². The van der Waals surface area contributed by atoms with Crippen molar-refractivity contribution in [3.63, 3.8) is 0 Å². The number of pyridine rings is 1. The lowest BCUT2D eigenvalue weighted by Gasteiger charge is -2.10. The minimum atomic E-state index is -0.214. The molecule has 19 heavy (non-hydrogen) atoms. The second kappa shape index (κ2) is 5.52. The number of carbonyl (C=O) groups is 1. The van der Waals surface area contributed by atoms with Gasteiger partial charge in [-0.3, -0.25) is 4.79 Å². The Kier molecular flexibility index (Phi) is 3.80. The number of ether oxygens (including phenoxy) is 2. The first-order chi connectivity index (χ1) is 9.17. The number of hydrogen-bond donors (Lipinski definition) is 0. The Bertz CT molecular complexity index is 608. The molecule has 0 aliphatic carbocycles. The molecule has 2 rings (SSSR count). The lowest BCUT2D eigenvalue weighted by Crippen LogP contribution is -2.08. The Morgan fingerprint density at radius 2 is 1.84 bits per heavy atom. The fourth-order valence-electron chi connectivity index (χ4n) is 1.84. The van der Waals surface area contributed by atoms with Crippen LogP contribution in [0.15, 0.2) is 36.5 Å². The predicted molar refractivity (Wildman–Crippen MR) is 72.0 cm³/mol. The third-order valence-electron chi connectivity index (χ3n) is 2.81. The Hall–Kier alpha value is -2.36. The van der Waals surface area contributed by atoms with E-state index in [2.05, 4.69) is 4.98 Å². The van der Waals surface area contributed by atoms with Gasteiger partial charge in [0.2, 0.25) is 5.78 Å². The number of rotatable bonds is 4. The van der Waals surface area contributed by atoms with Crippen LogP contribution in [0, 0.1) is 6.92 Å². The molecule has 0 aliphatic heterocycles. The maximum atomic E-state index is 12.5. The normalized spacial score (nSPS) is 10.1. The van der Waals surface area contributed by atoms with Gasteiger partial charge in [-0.1, -0.05) is 6.07 Å². The first kappa shape index (κ1) is 13.1. The summed E-state index contributed by atoms with van der Waals surface area (Å²) < 4.78 is 10.4. The molecule has 0 atom stereocenters. The van der Waals surface area contributed by atoms with E-state index < -0.39 is 0 Å². The summed E-state index contributed by atoms with van der Waals surface area (Å²) in [6.07, 6.45) is 1.57. The molecular formula is C15H15NO3. The SMILES string of the molecule is COc1cc(C)ccc1C(=O)c1ncccc1OC. The molecule has 1 aromatic carbocycles. The largest absolute Gasteiger partial charge is 0.496 e. The van der Waals surface area contributed by atoms with E-state index >= 15 is 0 Å². The summed E-state index contributed by atoms with van der Waals surface area (Å²) in [5.41, 5.74) is 1.79. The van der Waals surface area contributed by atoms with E-state index in [4.69, 9.17) is 9.47 Å². The third kappa shape index (κ3) is 2.57. The number of ketones is 1. The molecule has 0 aliphatic rings. The highest BCUT2D eigenvalue weighted by atomic mass is 16.5. The third-order valence-corrected chi connectivity index (χ3v) is 2.81. The van der Waals surface area contributed by atoms with Gasteiger partial charge in [-0.25, -0.2) is 4.98 Å². The van der Waals surface area contributed by atoms with Gasteiger partial charge in [0, 0.05) is 6.20 Å². The molecule has 4 nitrogen and oxygen atoms in total. The molecule has 4 heteroatoms. The van der Waals surface area contributed by atoms with Crippen LogP contribution in [0.1, 0.15) is 21.6 Å². The molecule has 0 saturated carbocycles. The number of aromatic nitrogens is 1. The van der Waals surface area contributed by atoms with E-state index in [1.54, 1.807) is 31.5 Å². The monoisotopic (exact) mass is 257 g/mol. The topological polar surface area (TPSA) is 48.4 Å². The highest BCUT2D eigenvalue weighted by Crippen LogP contribution is 2.25. The fourth-order valence-corrected chi connectivity index (χ4v) is 1.84. The summed E-state index contributed by atoms with van der Waals surface area (Å²) >= 11 is 0. The number of methoxy groups -OCH3 is 2. The molecular weight excluding hydrogens is 242 g/mol. The minimum absolute atomic E-state index is 0.214. The molecule has 0 amide bonds. The second-order valence-corrected chi connectivity index (χ2v) is 4.09. The molecule has 98 valence electrons. The van der Waals surface area contributed by atoms with Crippen LogP contribution in [0.2, 0.25) is 0 Å². The maximum Gasteiger partial charge on any atom is 0.218 e. The molecule has 0 unspecified atom stereocenters. The van der Waals surface area contributed by atoms with Crippen molar-refractivity contribution in [3.8, 4) is 11.5 Å². The van der Waals surface area contributed by atoms with Crippen LogP contribution in [-0.4, -0.2) is 25.0 Å². The van der Waals surface area contributed by atoms with E-state index in [1.165, 1.54) is 7.11 Å². The van der Waals surface area contributed by atoms with Crippen molar-refractivity contribution in [1.29, 1.82) is 0 Å². The summed E-state index contributed by atoms with van der Waals surface area (Å²) in [6.45, 7) is 1.94. The van der Waals surface area contributed by atoms with Crippen molar-refractivity contribution in [2.24, 2.45) is 0 Å². The zero-order valence-corrected chi connectivity index (χ0v) is 11.1. The summed E-state index contributed by atoms with van der Waals surface area (Å²) in [4.78, 5) is 16.6. The Morgan fingerprint density at radius 3 is 2.53 bits per heavy atom. The van der Waals surface area contributed by atoms with Gasteiger partial charge in [-0.05, 0) is 36.8 Å². The highest BCUT2D eigenvalue weighted by molar-refractivity contribution is 6.11. The Morgan fingerprint density at radius 1 is 1.11 bits per heavy atom. The van der Waals surface area contributed by atoms with Crippen LogP contribution in [0.4, 0.5) is 0 Å². The van der Waals surface area contributed by atoms with Crippen molar-refractivity contribution in [3.05, 3.63) is 53.3 Å². The standard InChI is InChI=1S/C15H15NO3/c1-10-6-7-11(13(9-10)19-3)15(17)14-12(18-2)5-4-8-16-14/h4-9H,1-3H3. The maximum absolute atomic E-state index is 12.5. The van der Waals surface area contributed by atoms with Crippen LogP contribution in [0.5, 0.6) is 11.5 Å². The van der Waals surface area contributed by atoms with Crippen LogP contribution in [0.25, 0.3) is 0 Å². The first-order valence-electron chi connectivity index (χ1n) is 5.85. The first-order valence-corrected chi connectivity index (χ1v) is 5.85. The molecule has 0 fully saturated rings. The fraction of sp³-hybridized carbons (Fsp3) is 0.200. The van der Waals surface area contributed by atoms with Gasteiger partial charge in [0.25, 0.3) is 0 Å². The van der Waals surface area contributed by atoms with Crippen molar-refractivity contribution in [1.82, 2.24) is 4.98 Å². The lowest BCUT2D eigenvalue weighted by atomic mass is 10.0. The van der Waals surface area contributed by atoms with Gasteiger partial charge < -0.3 is 9.47 Å². The minimum Gasteiger partial charge on any atom is -0.496 e. The molecule has 0 radical (unpaired) electrons. The van der Waals surface area contributed by atoms with Gasteiger partial charge >= 0.3 is 0 Å². The average Bonchev–Trinajstić information content (AvgIpc) is 2.46. The van der Waals surface area contributed by atoms with Crippen molar-refractivity contribution < 1.29 is 14.3 Å². The van der Waals surface area contributed by atoms with Crippen LogP contribution in [0.3, 0.4) is 0 Å². The van der Waals surface area contributed by atoms with Gasteiger partial charge in [0.05, 0.1) is 19.8 Å². The summed E-state index contributed by atoms with van der Waals surface area (Å²) in [5.74, 6) is 0.780. The Balaban J connectivity index is 2.50. The predicted octanol–water partition coefficient (Wildman–Crippen LogP) is 2.64. The zero-order valence-electron chi connectivity index (χ0n) is 11.1. The molecule has 2 aromatic rings. The number of aryl methyl sites for hydroxylation is 1. The van der Waals surface area contributed by atoms with Crippen LogP contribution < -0.4 is 9.47 Å². The average molecular weight is 257 g/mol. The van der Waals surface area contributed by atoms with E-state index in [-0.39, 0.29) is 11.5 Å². The molecule has 1 aromatic heterocycles. The molecule has 0 N–H and O–H groups in total. The van der Waals surface area contributed by atoms with Gasteiger partial charge in [-0.2, -0.15) is 0 Å². The Labute approximate surface area is 112 Å². The van der Waals surface area contributed by atoms with E-state index in [0.717, 1.165) is 5.56 Å². The lowest BCUT2D eigenvalue weighted by molar-refractivity contribution is 0.102. The summed E-state index contributed by atoms with van der Waals surface area (Å²) in [6, 6.07) is 8.86. The number of carbonyl (C=O) groups excluding carboxylic acids is 1. The van der Waals surface area contributed by atoms with Gasteiger partial charge in [-0.15, -0.1) is 0 Å². The number of benzene rings is 1. The number of nitrogens with zero attached hydrogens (tertiary/aromatic N) is 1. The van der Waals surface area contributed by atoms with Crippen LogP contribution in [-0.2, 0) is 0 Å². The second-order valence-electron chi connectivity index (χ2n) is 4.09. The quantitative estimate of drug-likeness (QED) is 0.790. The van der Waals surface area contributed by atoms with E-state index in [9.17, 15) is 4.79 Å². The molecule has 0 saturated heterocycles. The van der Waals surface area contributed by atoms with Crippen molar-refractivity contribution in [2.75, 3.05) is 14.2 Å². The highest BCUT2D eigenvalue weighted by Gasteiger charge is 2.19. The zero-order chi connectivity index (χ0) is 13.8. The molecule has 1 heterocycles. The van der Waals surface area contributed by atoms with E-state index in [0.29, 0.717) is 17.1 Å². The number of hydrogen-bond acceptors (Lipinski definition) is 4. The summed E-state index contributed by atoms with van der Waals surface area (Å²) in [7, 11) is 3.06. The summed E-state index contributed by atoms with van der Waals surface area (Å²) in [5, 5.41) is 0. The van der Waals surface area contributed by atoms with Gasteiger partial charge in [0.1, 0.15) is 11.5 Å². The van der Waals surface area contributed by atoms with Crippen molar-refractivity contribution in [2.45, 2.75) is 6.92 Å². The van der Waals surface area contributed by atoms with Crippen molar-refractivity contribution >= 4 is 5.78 Å². The molecule has 0 bridgehead atoms. The smallest absolute Gasteiger partial charge is 0.218 e. The van der Waals surface area contributed by atoms with Crippen LogP contribution >= 0.6 is 0 Å². The van der Waals surface area contributed by atoms with Gasteiger partial charge in [0.15, 0.2) is 5.69 Å². The molecule has 0 spiro atoms.